The van der Waals surface area contributed by atoms with Gasteiger partial charge < -0.3 is 5.11 Å². The van der Waals surface area contributed by atoms with Gasteiger partial charge in [-0.1, -0.05) is 65.5 Å². The largest absolute Gasteiger partial charge is 0.393 e. The summed E-state index contributed by atoms with van der Waals surface area (Å²) in [6, 6.07) is 0. The van der Waals surface area contributed by atoms with Crippen molar-refractivity contribution in [3.8, 4) is 0 Å². The zero-order valence-electron chi connectivity index (χ0n) is 21.1. The Morgan fingerprint density at radius 2 is 1.81 bits per heavy atom. The highest BCUT2D eigenvalue weighted by molar-refractivity contribution is 5.81. The second kappa shape index (κ2) is 8.62. The summed E-state index contributed by atoms with van der Waals surface area (Å²) in [7, 11) is 0. The average molecular weight is 429 g/mol. The van der Waals surface area contributed by atoms with Crippen LogP contribution in [-0.4, -0.2) is 17.0 Å². The van der Waals surface area contributed by atoms with E-state index in [0.717, 1.165) is 37.0 Å². The molecule has 0 saturated heterocycles. The maximum absolute atomic E-state index is 12.9. The lowest BCUT2D eigenvalue weighted by atomic mass is 9.44. The van der Waals surface area contributed by atoms with Crippen LogP contribution in [0.25, 0.3) is 0 Å². The predicted octanol–water partition coefficient (Wildman–Crippen LogP) is 7.20. The minimum absolute atomic E-state index is 0.0815. The topological polar surface area (TPSA) is 37.3 Å². The van der Waals surface area contributed by atoms with Crippen LogP contribution in [-0.2, 0) is 4.79 Å². The zero-order valence-corrected chi connectivity index (χ0v) is 21.1. The first kappa shape index (κ1) is 23.5. The van der Waals surface area contributed by atoms with Gasteiger partial charge in [0, 0.05) is 5.92 Å². The first-order valence-corrected chi connectivity index (χ1v) is 13.5. The number of hydrogen-bond acceptors (Lipinski definition) is 2. The Hall–Kier alpha value is -0.630. The van der Waals surface area contributed by atoms with Gasteiger partial charge in [0.15, 0.2) is 0 Å². The molecule has 2 heteroatoms. The Morgan fingerprint density at radius 3 is 2.48 bits per heavy atom. The van der Waals surface area contributed by atoms with E-state index in [1.54, 1.807) is 0 Å². The number of hydrogen-bond donors (Lipinski definition) is 1. The second-order valence-electron chi connectivity index (χ2n) is 13.0. The standard InChI is InChI=1S/C29H48O2/c1-18(2)8-7-9-19(3)24-10-11-25-27-23(20(4)30)17-21-16-22(31)12-14-28(21,5)26(27)13-15-29(24,25)6/h17-19,22-27,31H,7-16H2,1-6H3/t19-,22?,23-,24-,25+,26+,27+,28+,29-/m1/s1. The van der Waals surface area contributed by atoms with E-state index in [1.165, 1.54) is 50.5 Å². The Kier molecular flexibility index (Phi) is 6.54. The molecular formula is C29H48O2. The van der Waals surface area contributed by atoms with E-state index in [4.69, 9.17) is 0 Å². The minimum Gasteiger partial charge on any atom is -0.393 e. The minimum atomic E-state index is -0.208. The molecule has 9 atom stereocenters. The average Bonchev–Trinajstić information content (AvgIpc) is 3.05. The Bertz CT molecular complexity index is 708. The molecule has 0 bridgehead atoms. The maximum atomic E-state index is 12.9. The van der Waals surface area contributed by atoms with Crippen molar-refractivity contribution in [3.63, 3.8) is 0 Å². The van der Waals surface area contributed by atoms with Crippen LogP contribution in [0.3, 0.4) is 0 Å². The van der Waals surface area contributed by atoms with E-state index >= 15 is 0 Å². The molecule has 2 nitrogen and oxygen atoms in total. The van der Waals surface area contributed by atoms with Gasteiger partial charge in [-0.3, -0.25) is 4.79 Å². The molecule has 4 aliphatic rings. The molecule has 4 rings (SSSR count). The van der Waals surface area contributed by atoms with Crippen molar-refractivity contribution in [2.24, 2.45) is 52.3 Å². The number of aliphatic hydroxyl groups is 1. The summed E-state index contributed by atoms with van der Waals surface area (Å²) in [5.41, 5.74) is 2.02. The quantitative estimate of drug-likeness (QED) is 0.454. The van der Waals surface area contributed by atoms with Crippen molar-refractivity contribution in [2.45, 2.75) is 112 Å². The van der Waals surface area contributed by atoms with Crippen LogP contribution in [0.15, 0.2) is 11.6 Å². The first-order chi connectivity index (χ1) is 14.6. The second-order valence-corrected chi connectivity index (χ2v) is 13.0. The number of carbonyl (C=O) groups is 1. The number of Topliss-reactive ketones (excluding diaryl/α,β-unsaturated/α-hetero) is 1. The number of allylic oxidation sites excluding steroid dienone is 1. The summed E-state index contributed by atoms with van der Waals surface area (Å²) in [6.45, 7) is 14.1. The molecule has 0 aromatic heterocycles. The summed E-state index contributed by atoms with van der Waals surface area (Å²) >= 11 is 0. The fourth-order valence-corrected chi connectivity index (χ4v) is 9.08. The summed E-state index contributed by atoms with van der Waals surface area (Å²) in [5.74, 6) is 4.72. The van der Waals surface area contributed by atoms with Gasteiger partial charge in [-0.25, -0.2) is 0 Å². The molecule has 0 aromatic rings. The predicted molar refractivity (Wildman–Crippen MR) is 129 cm³/mol. The molecule has 1 N–H and O–H groups in total. The third kappa shape index (κ3) is 3.98. The number of ketones is 1. The van der Waals surface area contributed by atoms with Crippen LogP contribution in [0.4, 0.5) is 0 Å². The molecule has 0 radical (unpaired) electrons. The molecule has 0 spiro atoms. The van der Waals surface area contributed by atoms with Crippen LogP contribution in [0, 0.1) is 52.3 Å². The molecule has 3 saturated carbocycles. The van der Waals surface area contributed by atoms with Crippen LogP contribution in [0.5, 0.6) is 0 Å². The summed E-state index contributed by atoms with van der Waals surface area (Å²) in [4.78, 5) is 12.9. The van der Waals surface area contributed by atoms with E-state index in [9.17, 15) is 9.90 Å². The molecule has 0 aliphatic heterocycles. The van der Waals surface area contributed by atoms with Gasteiger partial charge in [-0.2, -0.15) is 0 Å². The monoisotopic (exact) mass is 428 g/mol. The number of carbonyl (C=O) groups excluding carboxylic acids is 1. The third-order valence-corrected chi connectivity index (χ3v) is 10.8. The van der Waals surface area contributed by atoms with E-state index in [0.29, 0.717) is 29.0 Å². The van der Waals surface area contributed by atoms with Crippen molar-refractivity contribution in [1.29, 1.82) is 0 Å². The molecule has 4 aliphatic carbocycles. The molecule has 31 heavy (non-hydrogen) atoms. The van der Waals surface area contributed by atoms with Gasteiger partial charge in [-0.15, -0.1) is 0 Å². The highest BCUT2D eigenvalue weighted by atomic mass is 16.3. The molecular weight excluding hydrogens is 380 g/mol. The molecule has 3 fully saturated rings. The molecule has 0 heterocycles. The van der Waals surface area contributed by atoms with Crippen molar-refractivity contribution in [2.75, 3.05) is 0 Å². The highest BCUT2D eigenvalue weighted by Crippen LogP contribution is 2.68. The van der Waals surface area contributed by atoms with E-state index in [1.807, 2.05) is 6.92 Å². The van der Waals surface area contributed by atoms with Crippen LogP contribution < -0.4 is 0 Å². The molecule has 0 amide bonds. The van der Waals surface area contributed by atoms with Gasteiger partial charge in [0.25, 0.3) is 0 Å². The lowest BCUT2D eigenvalue weighted by Crippen LogP contribution is -2.54. The van der Waals surface area contributed by atoms with Crippen molar-refractivity contribution in [1.82, 2.24) is 0 Å². The lowest BCUT2D eigenvalue weighted by Gasteiger charge is -2.60. The summed E-state index contributed by atoms with van der Waals surface area (Å²) < 4.78 is 0. The molecule has 176 valence electrons. The van der Waals surface area contributed by atoms with Crippen LogP contribution in [0.1, 0.15) is 106 Å². The van der Waals surface area contributed by atoms with Crippen LogP contribution in [0.2, 0.25) is 0 Å². The Labute approximate surface area is 191 Å². The van der Waals surface area contributed by atoms with Gasteiger partial charge in [-0.05, 0) is 98.2 Å². The Balaban J connectivity index is 1.60. The van der Waals surface area contributed by atoms with E-state index in [-0.39, 0.29) is 17.4 Å². The Morgan fingerprint density at radius 1 is 1.06 bits per heavy atom. The van der Waals surface area contributed by atoms with Gasteiger partial charge in [0.2, 0.25) is 0 Å². The van der Waals surface area contributed by atoms with Crippen molar-refractivity contribution >= 4 is 5.78 Å². The number of aliphatic hydroxyl groups excluding tert-OH is 1. The summed E-state index contributed by atoms with van der Waals surface area (Å²) in [5, 5.41) is 10.3. The fraction of sp³-hybridized carbons (Fsp3) is 0.897. The maximum Gasteiger partial charge on any atom is 0.136 e. The lowest BCUT2D eigenvalue weighted by molar-refractivity contribution is -0.130. The van der Waals surface area contributed by atoms with Gasteiger partial charge >= 0.3 is 0 Å². The first-order valence-electron chi connectivity index (χ1n) is 13.5. The molecule has 0 aromatic carbocycles. The van der Waals surface area contributed by atoms with Gasteiger partial charge in [0.1, 0.15) is 5.78 Å². The third-order valence-electron chi connectivity index (χ3n) is 10.8. The van der Waals surface area contributed by atoms with Crippen molar-refractivity contribution in [3.05, 3.63) is 11.6 Å². The van der Waals surface area contributed by atoms with Gasteiger partial charge in [0.05, 0.1) is 6.10 Å². The number of fused-ring (bicyclic) bond motifs is 5. The fourth-order valence-electron chi connectivity index (χ4n) is 9.08. The summed E-state index contributed by atoms with van der Waals surface area (Å²) in [6.07, 6.45) is 14.4. The molecule has 1 unspecified atom stereocenters. The highest BCUT2D eigenvalue weighted by Gasteiger charge is 2.61. The van der Waals surface area contributed by atoms with Crippen LogP contribution >= 0.6 is 0 Å². The zero-order chi connectivity index (χ0) is 22.6. The smallest absolute Gasteiger partial charge is 0.136 e. The number of rotatable bonds is 6. The normalized spacial score (nSPS) is 45.5. The van der Waals surface area contributed by atoms with E-state index < -0.39 is 0 Å². The SMILES string of the molecule is CC(=O)[C@H]1C=C2CC(O)CC[C@]2(C)[C@H]2CC[C@]3(C)[C@@H]([C@H](C)CCCC(C)C)CC[C@H]3[C@H]12. The van der Waals surface area contributed by atoms with E-state index in [2.05, 4.69) is 40.7 Å². The van der Waals surface area contributed by atoms with Crippen molar-refractivity contribution < 1.29 is 9.90 Å².